The Morgan fingerprint density at radius 2 is 1.84 bits per heavy atom. The van der Waals surface area contributed by atoms with Crippen molar-refractivity contribution in [3.05, 3.63) is 58.1 Å². The molecule has 0 radical (unpaired) electrons. The van der Waals surface area contributed by atoms with E-state index in [1.807, 2.05) is 0 Å². The van der Waals surface area contributed by atoms with Crippen LogP contribution in [0.2, 0.25) is 0 Å². The number of nitrogens with zero attached hydrogens (tertiary/aromatic N) is 1. The van der Waals surface area contributed by atoms with Crippen LogP contribution in [0.1, 0.15) is 18.1 Å². The number of hydrogen-bond donors (Lipinski definition) is 1. The Morgan fingerprint density at radius 1 is 1.11 bits per heavy atom. The highest BCUT2D eigenvalue weighted by atomic mass is 79.9. The summed E-state index contributed by atoms with van der Waals surface area (Å²) in [6.07, 6.45) is 0. The van der Waals surface area contributed by atoms with Crippen molar-refractivity contribution in [2.75, 3.05) is 11.4 Å². The maximum Gasteiger partial charge on any atom is 0.0422 e. The lowest BCUT2D eigenvalue weighted by atomic mass is 10.1. The molecule has 2 aromatic carbocycles. The summed E-state index contributed by atoms with van der Waals surface area (Å²) in [5.74, 6) is 0. The van der Waals surface area contributed by atoms with Crippen LogP contribution >= 0.6 is 15.9 Å². The fourth-order valence-corrected chi connectivity index (χ4v) is 2.71. The fraction of sp³-hybridized carbons (Fsp3) is 0.250. The van der Waals surface area contributed by atoms with E-state index in [9.17, 15) is 0 Å². The summed E-state index contributed by atoms with van der Waals surface area (Å²) in [6.45, 7) is 5.76. The molecule has 2 rings (SSSR count). The molecule has 0 heterocycles. The Bertz CT molecular complexity index is 566. The molecule has 0 unspecified atom stereocenters. The summed E-state index contributed by atoms with van der Waals surface area (Å²) in [7, 11) is 0. The third kappa shape index (κ3) is 3.17. The normalized spacial score (nSPS) is 10.5. The van der Waals surface area contributed by atoms with Gasteiger partial charge in [-0.2, -0.15) is 0 Å². The third-order valence-corrected chi connectivity index (χ3v) is 3.94. The average molecular weight is 319 g/mol. The molecule has 100 valence electrons. The Morgan fingerprint density at radius 3 is 2.42 bits per heavy atom. The molecule has 0 saturated carbocycles. The lowest BCUT2D eigenvalue weighted by molar-refractivity contribution is 1.01. The molecule has 3 heteroatoms. The predicted molar refractivity (Wildman–Crippen MR) is 85.9 cm³/mol. The third-order valence-electron chi connectivity index (χ3n) is 3.20. The van der Waals surface area contributed by atoms with Gasteiger partial charge in [-0.1, -0.05) is 34.1 Å². The molecule has 0 aliphatic carbocycles. The number of halogens is 1. The summed E-state index contributed by atoms with van der Waals surface area (Å²) in [5.41, 5.74) is 10.5. The van der Waals surface area contributed by atoms with Crippen molar-refractivity contribution in [2.24, 2.45) is 5.73 Å². The number of rotatable bonds is 4. The van der Waals surface area contributed by atoms with Gasteiger partial charge in [-0.3, -0.25) is 0 Å². The summed E-state index contributed by atoms with van der Waals surface area (Å²) in [6, 6.07) is 14.9. The number of anilines is 2. The van der Waals surface area contributed by atoms with Crippen molar-refractivity contribution in [1.82, 2.24) is 0 Å². The van der Waals surface area contributed by atoms with Gasteiger partial charge in [0.15, 0.2) is 0 Å². The molecule has 2 N–H and O–H groups in total. The van der Waals surface area contributed by atoms with Crippen molar-refractivity contribution < 1.29 is 0 Å². The van der Waals surface area contributed by atoms with Crippen LogP contribution in [0.15, 0.2) is 46.9 Å². The first-order chi connectivity index (χ1) is 9.15. The molecular weight excluding hydrogens is 300 g/mol. The Labute approximate surface area is 123 Å². The summed E-state index contributed by atoms with van der Waals surface area (Å²) < 4.78 is 1.07. The van der Waals surface area contributed by atoms with E-state index in [0.717, 1.165) is 16.6 Å². The van der Waals surface area contributed by atoms with Crippen LogP contribution in [0.25, 0.3) is 0 Å². The summed E-state index contributed by atoms with van der Waals surface area (Å²) >= 11 is 3.59. The number of hydrogen-bond acceptors (Lipinski definition) is 2. The van der Waals surface area contributed by atoms with Crippen molar-refractivity contribution in [3.8, 4) is 0 Å². The molecule has 0 amide bonds. The molecule has 0 bridgehead atoms. The van der Waals surface area contributed by atoms with Crippen molar-refractivity contribution >= 4 is 27.3 Å². The smallest absolute Gasteiger partial charge is 0.0422 e. The Hall–Kier alpha value is -1.32. The summed E-state index contributed by atoms with van der Waals surface area (Å²) in [5, 5.41) is 0. The number of nitrogens with two attached hydrogens (primary N) is 1. The van der Waals surface area contributed by atoms with Gasteiger partial charge in [-0.15, -0.1) is 0 Å². The van der Waals surface area contributed by atoms with Gasteiger partial charge in [0.05, 0.1) is 0 Å². The molecule has 0 saturated heterocycles. The van der Waals surface area contributed by atoms with E-state index in [4.69, 9.17) is 5.73 Å². The molecule has 0 aromatic heterocycles. The molecular formula is C16H19BrN2. The van der Waals surface area contributed by atoms with E-state index in [0.29, 0.717) is 6.54 Å². The maximum atomic E-state index is 5.70. The van der Waals surface area contributed by atoms with Crippen LogP contribution in [0.5, 0.6) is 0 Å². The molecule has 19 heavy (non-hydrogen) atoms. The zero-order valence-electron chi connectivity index (χ0n) is 11.4. The second-order valence-corrected chi connectivity index (χ2v) is 5.42. The van der Waals surface area contributed by atoms with Gasteiger partial charge in [0.2, 0.25) is 0 Å². The van der Waals surface area contributed by atoms with Crippen LogP contribution in [0.3, 0.4) is 0 Å². The summed E-state index contributed by atoms with van der Waals surface area (Å²) in [4.78, 5) is 2.29. The zero-order chi connectivity index (χ0) is 13.8. The van der Waals surface area contributed by atoms with Crippen molar-refractivity contribution in [1.29, 1.82) is 0 Å². The largest absolute Gasteiger partial charge is 0.342 e. The fourth-order valence-electron chi connectivity index (χ4n) is 2.18. The average Bonchev–Trinajstić information content (AvgIpc) is 2.40. The van der Waals surface area contributed by atoms with Gasteiger partial charge < -0.3 is 10.6 Å². The second-order valence-electron chi connectivity index (χ2n) is 4.56. The molecule has 0 fully saturated rings. The molecule has 0 aliphatic rings. The maximum absolute atomic E-state index is 5.70. The minimum atomic E-state index is 0.553. The topological polar surface area (TPSA) is 29.3 Å². The Kier molecular flexibility index (Phi) is 4.61. The zero-order valence-corrected chi connectivity index (χ0v) is 12.9. The molecule has 0 aliphatic heterocycles. The minimum Gasteiger partial charge on any atom is -0.342 e. The van der Waals surface area contributed by atoms with Crippen LogP contribution < -0.4 is 10.6 Å². The van der Waals surface area contributed by atoms with E-state index in [-0.39, 0.29) is 0 Å². The highest BCUT2D eigenvalue weighted by molar-refractivity contribution is 9.10. The van der Waals surface area contributed by atoms with Crippen LogP contribution in [-0.2, 0) is 6.54 Å². The van der Waals surface area contributed by atoms with Crippen LogP contribution in [-0.4, -0.2) is 6.54 Å². The van der Waals surface area contributed by atoms with Crippen molar-refractivity contribution in [2.45, 2.75) is 20.4 Å². The van der Waals surface area contributed by atoms with Gasteiger partial charge in [-0.05, 0) is 49.2 Å². The quantitative estimate of drug-likeness (QED) is 0.906. The number of aryl methyl sites for hydroxylation is 1. The molecule has 2 aromatic rings. The van der Waals surface area contributed by atoms with Gasteiger partial charge >= 0.3 is 0 Å². The monoisotopic (exact) mass is 318 g/mol. The number of benzene rings is 2. The SMILES string of the molecule is CCN(c1cccc(C)c1)c1ccc(CN)c(Br)c1. The van der Waals surface area contributed by atoms with E-state index < -0.39 is 0 Å². The standard InChI is InChI=1S/C16H19BrN2/c1-3-19(14-6-4-5-12(2)9-14)15-8-7-13(11-18)16(17)10-15/h4-10H,3,11,18H2,1-2H3. The molecule has 0 spiro atoms. The lowest BCUT2D eigenvalue weighted by Crippen LogP contribution is -2.16. The highest BCUT2D eigenvalue weighted by Crippen LogP contribution is 2.29. The highest BCUT2D eigenvalue weighted by Gasteiger charge is 2.09. The first-order valence-electron chi connectivity index (χ1n) is 6.48. The van der Waals surface area contributed by atoms with Gasteiger partial charge in [-0.25, -0.2) is 0 Å². The van der Waals surface area contributed by atoms with Crippen LogP contribution in [0, 0.1) is 6.92 Å². The second kappa shape index (κ2) is 6.22. The Balaban J connectivity index is 2.39. The minimum absolute atomic E-state index is 0.553. The van der Waals surface area contributed by atoms with E-state index >= 15 is 0 Å². The predicted octanol–water partition coefficient (Wildman–Crippen LogP) is 4.37. The molecule has 2 nitrogen and oxygen atoms in total. The van der Waals surface area contributed by atoms with E-state index in [1.54, 1.807) is 0 Å². The van der Waals surface area contributed by atoms with Crippen molar-refractivity contribution in [3.63, 3.8) is 0 Å². The first kappa shape index (κ1) is 14.1. The van der Waals surface area contributed by atoms with Gasteiger partial charge in [0.25, 0.3) is 0 Å². The molecule has 0 atom stereocenters. The first-order valence-corrected chi connectivity index (χ1v) is 7.27. The van der Waals surface area contributed by atoms with Gasteiger partial charge in [0, 0.05) is 28.9 Å². The van der Waals surface area contributed by atoms with Gasteiger partial charge in [0.1, 0.15) is 0 Å². The van der Waals surface area contributed by atoms with Crippen LogP contribution in [0.4, 0.5) is 11.4 Å². The van der Waals surface area contributed by atoms with E-state index in [1.165, 1.54) is 16.9 Å². The van der Waals surface area contributed by atoms with E-state index in [2.05, 4.69) is 77.1 Å². The lowest BCUT2D eigenvalue weighted by Gasteiger charge is -2.24.